The first kappa shape index (κ1) is 43.5. The molecule has 1 saturated heterocycles. The zero-order chi connectivity index (χ0) is 41.5. The predicted molar refractivity (Wildman–Crippen MR) is 225 cm³/mol. The number of fused-ring (bicyclic) bond motifs is 2. The van der Waals surface area contributed by atoms with E-state index in [9.17, 15) is 14.4 Å². The van der Waals surface area contributed by atoms with Crippen LogP contribution in [0.25, 0.3) is 11.0 Å². The summed E-state index contributed by atoms with van der Waals surface area (Å²) in [5.41, 5.74) is 0.289. The third kappa shape index (κ3) is 11.3. The lowest BCUT2D eigenvalue weighted by molar-refractivity contribution is -0.125. The van der Waals surface area contributed by atoms with Crippen LogP contribution in [0.1, 0.15) is 21.7 Å². The molecule has 7 heterocycles. The van der Waals surface area contributed by atoms with Crippen molar-refractivity contribution < 1.29 is 47.6 Å². The average Bonchev–Trinajstić information content (AvgIpc) is 3.91. The van der Waals surface area contributed by atoms with Crippen LogP contribution in [0.5, 0.6) is 23.0 Å². The van der Waals surface area contributed by atoms with Gasteiger partial charge in [-0.15, -0.1) is 0 Å². The number of nitrogens with one attached hydrogen (secondary N) is 2. The second-order valence-electron chi connectivity index (χ2n) is 11.9. The highest BCUT2D eigenvalue weighted by Gasteiger charge is 2.53. The van der Waals surface area contributed by atoms with Gasteiger partial charge in [-0.3, -0.25) is 34.8 Å². The largest absolute Gasteiger partial charge is 0.505 e. The normalized spacial score (nSPS) is 15.1. The number of carbonyl (C=O) groups is 3. The number of nitrogens with zero attached hydrogens (tertiary/aromatic N) is 5. The summed E-state index contributed by atoms with van der Waals surface area (Å²) >= 11 is 4.21. The van der Waals surface area contributed by atoms with E-state index < -0.39 is 17.5 Å². The Kier molecular flexibility index (Phi) is 15.9. The number of pyridine rings is 4. The molecule has 2 aliphatic rings. The van der Waals surface area contributed by atoms with Gasteiger partial charge in [-0.05, 0) is 99.3 Å². The van der Waals surface area contributed by atoms with Gasteiger partial charge in [0.05, 0.1) is 45.6 Å². The minimum Gasteiger partial charge on any atom is -0.505 e. The molecule has 0 spiro atoms. The zero-order valence-corrected chi connectivity index (χ0v) is 35.6. The van der Waals surface area contributed by atoms with Crippen molar-refractivity contribution in [3.05, 3.63) is 128 Å². The van der Waals surface area contributed by atoms with Crippen LogP contribution in [0.15, 0.2) is 109 Å². The van der Waals surface area contributed by atoms with E-state index in [2.05, 4.69) is 53.2 Å². The average molecular weight is 1020 g/mol. The maximum Gasteiger partial charge on any atom is 0.322 e. The van der Waals surface area contributed by atoms with Gasteiger partial charge in [0.25, 0.3) is 11.8 Å². The van der Waals surface area contributed by atoms with E-state index in [4.69, 9.17) is 33.2 Å². The van der Waals surface area contributed by atoms with Crippen LogP contribution in [0.4, 0.5) is 4.79 Å². The molecule has 1 atom stereocenters. The van der Waals surface area contributed by atoms with Gasteiger partial charge in [-0.25, -0.2) is 4.79 Å². The van der Waals surface area contributed by atoms with Crippen molar-refractivity contribution in [2.75, 3.05) is 41.5 Å². The lowest BCUT2D eigenvalue weighted by Gasteiger charge is -2.29. The van der Waals surface area contributed by atoms with Gasteiger partial charge in [0.1, 0.15) is 23.0 Å². The van der Waals surface area contributed by atoms with Crippen molar-refractivity contribution in [3.8, 4) is 23.0 Å². The topological polar surface area (TPSA) is 210 Å². The van der Waals surface area contributed by atoms with Crippen molar-refractivity contribution in [1.82, 2.24) is 35.5 Å². The first-order valence-electron chi connectivity index (χ1n) is 17.0. The summed E-state index contributed by atoms with van der Waals surface area (Å²) in [6.45, 7) is 0.770. The number of hydrogen-bond donors (Lipinski definition) is 3. The number of rotatable bonds is 10. The van der Waals surface area contributed by atoms with Crippen LogP contribution >= 0.6 is 45.2 Å². The van der Waals surface area contributed by atoms with Gasteiger partial charge >= 0.3 is 6.03 Å². The molecule has 0 bridgehead atoms. The number of halogens is 2. The molecule has 8 rings (SSSR count). The minimum atomic E-state index is -1.53. The minimum absolute atomic E-state index is 0.0757. The van der Waals surface area contributed by atoms with Crippen molar-refractivity contribution >= 4 is 74.0 Å². The summed E-state index contributed by atoms with van der Waals surface area (Å²) in [7, 11) is 4.70. The van der Waals surface area contributed by atoms with E-state index in [1.165, 1.54) is 24.4 Å². The smallest absolute Gasteiger partial charge is 0.322 e. The number of furan rings is 1. The third-order valence-corrected chi connectivity index (χ3v) is 9.91. The standard InChI is InChI=1S/C20H16N4O5.C7H8INO2.C7H9NO2.C5H4INO/c1-28-13-3-2-12-9-24(17(25)14(12)7-13)10-20(18(26)22-19(27)23-20)16-6-11-4-5-21-8-15(11)29-16;1-10-5-11-7-4-9-3-2-6(7)8;1-9-6-10-7-3-2-4-8-5-7;6-4-1-2-7-3-5(4)8/h2-8H,9-10H2,1H3,(H2,22,23,26,27);2-4H,5H2,1H3;2-5H,6H2,1H3;1-3,8H/t20-;;;/m0.../s1. The van der Waals surface area contributed by atoms with Crippen LogP contribution in [-0.4, -0.2) is 89.2 Å². The number of carbonyl (C=O) groups excluding carboxylic acids is 3. The summed E-state index contributed by atoms with van der Waals surface area (Å²) in [5.74, 6) is 1.73. The predicted octanol–water partition coefficient (Wildman–Crippen LogP) is 5.65. The first-order chi connectivity index (χ1) is 28.1. The fourth-order valence-corrected chi connectivity index (χ4v) is 6.11. The third-order valence-electron chi connectivity index (χ3n) is 8.10. The molecular formula is C39H37I2N7O10. The summed E-state index contributed by atoms with van der Waals surface area (Å²) in [5, 5.41) is 14.5. The fraction of sp³-hybridized carbons (Fsp3) is 0.205. The molecule has 19 heteroatoms. The highest BCUT2D eigenvalue weighted by atomic mass is 127. The number of ether oxygens (including phenoxy) is 5. The van der Waals surface area contributed by atoms with E-state index in [1.807, 2.05) is 46.9 Å². The van der Waals surface area contributed by atoms with Crippen molar-refractivity contribution in [2.24, 2.45) is 0 Å². The molecule has 4 amide bonds. The Bertz CT molecular complexity index is 2260. The molecular weight excluding hydrogens is 980 g/mol. The van der Waals surface area contributed by atoms with Gasteiger partial charge in [0.15, 0.2) is 30.5 Å². The van der Waals surface area contributed by atoms with Crippen molar-refractivity contribution in [2.45, 2.75) is 12.1 Å². The molecule has 17 nitrogen and oxygen atoms in total. The van der Waals surface area contributed by atoms with E-state index >= 15 is 0 Å². The van der Waals surface area contributed by atoms with Crippen LogP contribution in [0.2, 0.25) is 0 Å². The molecule has 5 aromatic heterocycles. The number of methoxy groups -OCH3 is 3. The Morgan fingerprint density at radius 3 is 2.14 bits per heavy atom. The summed E-state index contributed by atoms with van der Waals surface area (Å²) in [6, 6.07) is 15.3. The van der Waals surface area contributed by atoms with Crippen LogP contribution in [0, 0.1) is 7.14 Å². The number of aromatic hydroxyl groups is 1. The van der Waals surface area contributed by atoms with Gasteiger partial charge < -0.3 is 43.4 Å². The molecule has 0 aliphatic carbocycles. The molecule has 2 aliphatic heterocycles. The molecule has 3 N–H and O–H groups in total. The first-order valence-corrected chi connectivity index (χ1v) is 19.2. The van der Waals surface area contributed by atoms with E-state index in [0.29, 0.717) is 23.4 Å². The number of benzene rings is 1. The molecule has 1 aromatic carbocycles. The molecule has 1 fully saturated rings. The molecule has 6 aromatic rings. The zero-order valence-electron chi connectivity index (χ0n) is 31.3. The fourth-order valence-electron chi connectivity index (χ4n) is 5.35. The van der Waals surface area contributed by atoms with E-state index in [-0.39, 0.29) is 37.5 Å². The van der Waals surface area contributed by atoms with Crippen molar-refractivity contribution in [1.29, 1.82) is 0 Å². The summed E-state index contributed by atoms with van der Waals surface area (Å²) < 4.78 is 32.6. The number of imide groups is 1. The van der Waals surface area contributed by atoms with Gasteiger partial charge in [-0.1, -0.05) is 6.07 Å². The Balaban J connectivity index is 0.000000180. The lowest BCUT2D eigenvalue weighted by Crippen LogP contribution is -2.52. The molecule has 0 radical (unpaired) electrons. The maximum absolute atomic E-state index is 13.0. The highest BCUT2D eigenvalue weighted by molar-refractivity contribution is 14.1. The Morgan fingerprint density at radius 1 is 0.810 bits per heavy atom. The number of hydrogen-bond acceptors (Lipinski definition) is 14. The molecule has 0 unspecified atom stereocenters. The molecule has 302 valence electrons. The second-order valence-corrected chi connectivity index (χ2v) is 14.3. The van der Waals surface area contributed by atoms with E-state index in [0.717, 1.165) is 29.6 Å². The molecule has 0 saturated carbocycles. The number of urea groups is 1. The monoisotopic (exact) mass is 1020 g/mol. The highest BCUT2D eigenvalue weighted by Crippen LogP contribution is 2.35. The van der Waals surface area contributed by atoms with E-state index in [1.54, 1.807) is 81.7 Å². The van der Waals surface area contributed by atoms with Crippen LogP contribution < -0.4 is 24.8 Å². The van der Waals surface area contributed by atoms with Crippen LogP contribution in [-0.2, 0) is 26.4 Å². The SMILES string of the molecule is COCOc1cccnc1.COCOc1cnccc1I.COc1ccc2c(c1)C(=O)N(C[C@@]1(c3cc4ccncc4o3)NC(=O)NC1=O)C2.Oc1cnccc1I. The lowest BCUT2D eigenvalue weighted by atomic mass is 9.95. The summed E-state index contributed by atoms with van der Waals surface area (Å²) in [4.78, 5) is 54.8. The van der Waals surface area contributed by atoms with Gasteiger partial charge in [0.2, 0.25) is 0 Å². The maximum atomic E-state index is 13.0. The Morgan fingerprint density at radius 2 is 1.52 bits per heavy atom. The second kappa shape index (κ2) is 21.2. The summed E-state index contributed by atoms with van der Waals surface area (Å²) in [6.07, 6.45) is 12.9. The Labute approximate surface area is 359 Å². The number of aromatic nitrogens is 4. The molecule has 58 heavy (non-hydrogen) atoms. The van der Waals surface area contributed by atoms with Crippen molar-refractivity contribution in [3.63, 3.8) is 0 Å². The van der Waals surface area contributed by atoms with Crippen LogP contribution in [0.3, 0.4) is 0 Å². The Hall–Kier alpha value is -5.65. The quantitative estimate of drug-likeness (QED) is 0.0861. The van der Waals surface area contributed by atoms with Gasteiger partial charge in [0, 0.05) is 56.5 Å². The van der Waals surface area contributed by atoms with Gasteiger partial charge in [-0.2, -0.15) is 0 Å². The number of amides is 4.